The molecular formula is C25H25NO3S. The van der Waals surface area contributed by atoms with Crippen molar-refractivity contribution in [2.24, 2.45) is 5.92 Å². The van der Waals surface area contributed by atoms with Gasteiger partial charge in [0.25, 0.3) is 0 Å². The number of carbonyl (C=O) groups is 2. The van der Waals surface area contributed by atoms with Crippen LogP contribution in [0, 0.1) is 5.92 Å². The first kappa shape index (κ1) is 20.5. The molecule has 1 fully saturated rings. The predicted octanol–water partition coefficient (Wildman–Crippen LogP) is 5.01. The van der Waals surface area contributed by atoms with Crippen LogP contribution < -0.4 is 0 Å². The number of benzene rings is 2. The van der Waals surface area contributed by atoms with Gasteiger partial charge in [-0.15, -0.1) is 11.3 Å². The van der Waals surface area contributed by atoms with E-state index in [9.17, 15) is 14.7 Å². The van der Waals surface area contributed by atoms with Crippen LogP contribution in [0.2, 0.25) is 0 Å². The Morgan fingerprint density at radius 2 is 1.57 bits per heavy atom. The van der Waals surface area contributed by atoms with E-state index in [-0.39, 0.29) is 17.7 Å². The van der Waals surface area contributed by atoms with E-state index in [1.807, 2.05) is 60.7 Å². The number of carboxylic acid groups (broad SMARTS) is 1. The molecule has 0 radical (unpaired) electrons. The number of aliphatic carboxylic acids is 1. The second kappa shape index (κ2) is 9.37. The van der Waals surface area contributed by atoms with Crippen LogP contribution in [-0.2, 0) is 11.2 Å². The smallest absolute Gasteiger partial charge is 0.306 e. The summed E-state index contributed by atoms with van der Waals surface area (Å²) >= 11 is 1.53. The molecule has 4 rings (SSSR count). The zero-order chi connectivity index (χ0) is 20.9. The zero-order valence-corrected chi connectivity index (χ0v) is 17.6. The molecule has 1 saturated heterocycles. The average Bonchev–Trinajstić information content (AvgIpc) is 3.29. The van der Waals surface area contributed by atoms with Gasteiger partial charge in [0.1, 0.15) is 0 Å². The lowest BCUT2D eigenvalue weighted by atomic mass is 9.93. The van der Waals surface area contributed by atoms with E-state index in [1.165, 1.54) is 11.3 Å². The van der Waals surface area contributed by atoms with E-state index in [1.54, 1.807) is 0 Å². The number of Topliss-reactive ketones (excluding diaryl/α,β-unsaturated/α-hetero) is 1. The molecule has 1 N–H and O–H groups in total. The van der Waals surface area contributed by atoms with Crippen LogP contribution in [0.5, 0.6) is 0 Å². The Bertz CT molecular complexity index is 992. The van der Waals surface area contributed by atoms with Gasteiger partial charge in [-0.25, -0.2) is 0 Å². The quantitative estimate of drug-likeness (QED) is 0.547. The number of likely N-dealkylation sites (tertiary alicyclic amines) is 1. The predicted molar refractivity (Wildman–Crippen MR) is 120 cm³/mol. The van der Waals surface area contributed by atoms with Gasteiger partial charge < -0.3 is 5.11 Å². The summed E-state index contributed by atoms with van der Waals surface area (Å²) in [5.41, 5.74) is 2.24. The second-order valence-electron chi connectivity index (χ2n) is 7.75. The summed E-state index contributed by atoms with van der Waals surface area (Å²) in [5, 5.41) is 9.31. The van der Waals surface area contributed by atoms with Crippen molar-refractivity contribution >= 4 is 23.1 Å². The van der Waals surface area contributed by atoms with Gasteiger partial charge in [-0.1, -0.05) is 60.7 Å². The van der Waals surface area contributed by atoms with Gasteiger partial charge in [-0.3, -0.25) is 14.5 Å². The molecular weight excluding hydrogens is 394 g/mol. The molecule has 1 atom stereocenters. The van der Waals surface area contributed by atoms with Gasteiger partial charge in [0.05, 0.1) is 16.8 Å². The maximum Gasteiger partial charge on any atom is 0.306 e. The Morgan fingerprint density at radius 3 is 2.20 bits per heavy atom. The first-order valence-corrected chi connectivity index (χ1v) is 11.1. The molecule has 0 saturated carbocycles. The van der Waals surface area contributed by atoms with Crippen LogP contribution in [-0.4, -0.2) is 40.9 Å². The number of rotatable bonds is 7. The van der Waals surface area contributed by atoms with E-state index in [4.69, 9.17) is 0 Å². The summed E-state index contributed by atoms with van der Waals surface area (Å²) in [6, 6.07) is 23.8. The molecule has 2 heterocycles. The van der Waals surface area contributed by atoms with Crippen molar-refractivity contribution in [1.29, 1.82) is 0 Å². The molecule has 1 aromatic heterocycles. The summed E-state index contributed by atoms with van der Waals surface area (Å²) in [7, 11) is 0. The highest BCUT2D eigenvalue weighted by molar-refractivity contribution is 7.17. The molecule has 30 heavy (non-hydrogen) atoms. The summed E-state index contributed by atoms with van der Waals surface area (Å²) in [6.07, 6.45) is 1.82. The van der Waals surface area contributed by atoms with E-state index < -0.39 is 5.97 Å². The van der Waals surface area contributed by atoms with E-state index in [2.05, 4.69) is 17.0 Å². The van der Waals surface area contributed by atoms with Gasteiger partial charge in [0.15, 0.2) is 5.78 Å². The van der Waals surface area contributed by atoms with Crippen LogP contribution in [0.3, 0.4) is 0 Å². The van der Waals surface area contributed by atoms with Gasteiger partial charge >= 0.3 is 5.97 Å². The lowest BCUT2D eigenvalue weighted by Crippen LogP contribution is -2.47. The largest absolute Gasteiger partial charge is 0.481 e. The highest BCUT2D eigenvalue weighted by atomic mass is 32.1. The van der Waals surface area contributed by atoms with Crippen LogP contribution in [0.1, 0.15) is 28.1 Å². The molecule has 5 heteroatoms. The zero-order valence-electron chi connectivity index (χ0n) is 16.7. The van der Waals surface area contributed by atoms with Crippen molar-refractivity contribution in [2.75, 3.05) is 13.1 Å². The van der Waals surface area contributed by atoms with Crippen molar-refractivity contribution < 1.29 is 14.7 Å². The minimum absolute atomic E-state index is 0.125. The van der Waals surface area contributed by atoms with Gasteiger partial charge in [-0.05, 0) is 55.6 Å². The Balaban J connectivity index is 1.57. The van der Waals surface area contributed by atoms with E-state index >= 15 is 0 Å². The summed E-state index contributed by atoms with van der Waals surface area (Å²) in [5.74, 6) is -0.911. The van der Waals surface area contributed by atoms with Crippen LogP contribution in [0.25, 0.3) is 10.4 Å². The Morgan fingerprint density at radius 1 is 0.933 bits per heavy atom. The van der Waals surface area contributed by atoms with Crippen molar-refractivity contribution in [2.45, 2.75) is 25.3 Å². The Labute approximate surface area is 180 Å². The topological polar surface area (TPSA) is 57.6 Å². The fourth-order valence-electron chi connectivity index (χ4n) is 4.08. The lowest BCUT2D eigenvalue weighted by molar-refractivity contribution is -0.143. The third-order valence-corrected chi connectivity index (χ3v) is 6.95. The molecule has 1 unspecified atom stereocenters. The first-order chi connectivity index (χ1) is 14.6. The molecule has 154 valence electrons. The molecule has 0 bridgehead atoms. The average molecular weight is 420 g/mol. The van der Waals surface area contributed by atoms with Crippen LogP contribution in [0.15, 0.2) is 72.8 Å². The lowest BCUT2D eigenvalue weighted by Gasteiger charge is -2.35. The second-order valence-corrected chi connectivity index (χ2v) is 8.83. The fraction of sp³-hybridized carbons (Fsp3) is 0.280. The highest BCUT2D eigenvalue weighted by Gasteiger charge is 2.33. The maximum absolute atomic E-state index is 13.6. The summed E-state index contributed by atoms with van der Waals surface area (Å²) in [4.78, 5) is 28.9. The number of nitrogens with zero attached hydrogens (tertiary/aromatic N) is 1. The van der Waals surface area contributed by atoms with Gasteiger partial charge in [0.2, 0.25) is 0 Å². The van der Waals surface area contributed by atoms with Crippen molar-refractivity contribution in [3.8, 4) is 10.4 Å². The minimum Gasteiger partial charge on any atom is -0.481 e. The number of piperidine rings is 1. The molecule has 2 aromatic carbocycles. The standard InChI is InChI=1S/C25H25NO3S/c27-24(23-12-11-22(30-23)19-9-5-2-6-10-19)21(17-18-7-3-1-4-8-18)26-15-13-20(14-16-26)25(28)29/h1-12,20-21H,13-17H2,(H,28,29). The fourth-order valence-corrected chi connectivity index (χ4v) is 5.07. The number of carboxylic acids is 1. The Kier molecular flexibility index (Phi) is 6.41. The molecule has 3 aromatic rings. The number of hydrogen-bond acceptors (Lipinski definition) is 4. The number of carbonyl (C=O) groups excluding carboxylic acids is 1. The number of hydrogen-bond donors (Lipinski definition) is 1. The van der Waals surface area contributed by atoms with Gasteiger partial charge in [0, 0.05) is 4.88 Å². The van der Waals surface area contributed by atoms with Crippen molar-refractivity contribution in [1.82, 2.24) is 4.90 Å². The van der Waals surface area contributed by atoms with E-state index in [0.717, 1.165) is 20.9 Å². The number of thiophene rings is 1. The van der Waals surface area contributed by atoms with Crippen molar-refractivity contribution in [3.05, 3.63) is 83.2 Å². The molecule has 1 aliphatic heterocycles. The summed E-state index contributed by atoms with van der Waals surface area (Å²) < 4.78 is 0. The molecule has 1 aliphatic rings. The Hall–Kier alpha value is -2.76. The third-order valence-electron chi connectivity index (χ3n) is 5.80. The van der Waals surface area contributed by atoms with Crippen LogP contribution in [0.4, 0.5) is 0 Å². The van der Waals surface area contributed by atoms with E-state index in [0.29, 0.717) is 32.4 Å². The van der Waals surface area contributed by atoms with Crippen molar-refractivity contribution in [3.63, 3.8) is 0 Å². The van der Waals surface area contributed by atoms with Gasteiger partial charge in [-0.2, -0.15) is 0 Å². The SMILES string of the molecule is O=C(O)C1CCN(C(Cc2ccccc2)C(=O)c2ccc(-c3ccccc3)s2)CC1. The number of ketones is 1. The van der Waals surface area contributed by atoms with Crippen LogP contribution >= 0.6 is 11.3 Å². The first-order valence-electron chi connectivity index (χ1n) is 10.3. The molecule has 0 aliphatic carbocycles. The highest BCUT2D eigenvalue weighted by Crippen LogP contribution is 2.30. The molecule has 0 spiro atoms. The third kappa shape index (κ3) is 4.69. The molecule has 0 amide bonds. The maximum atomic E-state index is 13.6. The monoisotopic (exact) mass is 419 g/mol. The summed E-state index contributed by atoms with van der Waals surface area (Å²) in [6.45, 7) is 1.27. The normalized spacial score (nSPS) is 16.3. The molecule has 4 nitrogen and oxygen atoms in total. The minimum atomic E-state index is -0.730.